The van der Waals surface area contributed by atoms with E-state index >= 15 is 0 Å². The first-order valence-corrected chi connectivity index (χ1v) is 10.4. The second-order valence-corrected chi connectivity index (χ2v) is 8.90. The molecule has 5 heterocycles. The summed E-state index contributed by atoms with van der Waals surface area (Å²) < 4.78 is 47.4. The molecule has 8 nitrogen and oxygen atoms in total. The van der Waals surface area contributed by atoms with E-state index in [9.17, 15) is 19.1 Å². The van der Waals surface area contributed by atoms with Crippen LogP contribution >= 0.6 is 11.6 Å². The third-order valence-corrected chi connectivity index (χ3v) is 6.24. The maximum Gasteiger partial charge on any atom is 0.266 e. The van der Waals surface area contributed by atoms with Crippen LogP contribution in [0, 0.1) is 11.3 Å². The normalized spacial score (nSPS) is 31.3. The summed E-state index contributed by atoms with van der Waals surface area (Å²) in [6.07, 6.45) is -0.867. The molecule has 1 N–H and O–H groups in total. The Hall–Kier alpha value is -2.03. The van der Waals surface area contributed by atoms with Crippen molar-refractivity contribution in [1.82, 2.24) is 9.55 Å². The number of alkyl halides is 2. The maximum absolute atomic E-state index is 13.9. The number of nitriles is 1. The van der Waals surface area contributed by atoms with Gasteiger partial charge in [0, 0.05) is 24.5 Å². The molecule has 0 saturated carbocycles. The summed E-state index contributed by atoms with van der Waals surface area (Å²) in [5.41, 5.74) is 0.778. The number of anilines is 1. The minimum Gasteiger partial charge on any atom is -0.394 e. The quantitative estimate of drug-likeness (QED) is 0.713. The average molecular weight is 455 g/mol. The van der Waals surface area contributed by atoms with E-state index in [1.807, 2.05) is 6.07 Å². The lowest BCUT2D eigenvalue weighted by Gasteiger charge is -2.25. The van der Waals surface area contributed by atoms with Crippen molar-refractivity contribution in [3.05, 3.63) is 23.0 Å². The molecule has 2 aromatic rings. The zero-order valence-corrected chi connectivity index (χ0v) is 17.6. The number of hydrogen-bond acceptors (Lipinski definition) is 7. The van der Waals surface area contributed by atoms with Crippen molar-refractivity contribution in [2.75, 3.05) is 24.6 Å². The number of ether oxygens (including phenoxy) is 3. The van der Waals surface area contributed by atoms with Gasteiger partial charge in [-0.25, -0.2) is 13.8 Å². The van der Waals surface area contributed by atoms with E-state index in [1.54, 1.807) is 30.7 Å². The third-order valence-electron chi connectivity index (χ3n) is 5.97. The van der Waals surface area contributed by atoms with Gasteiger partial charge in [-0.2, -0.15) is 5.26 Å². The molecule has 0 unspecified atom stereocenters. The van der Waals surface area contributed by atoms with Gasteiger partial charge in [0.25, 0.3) is 5.92 Å². The standard InChI is InChI=1S/C20H21ClF2N4O4/c1-19(2)30-14-12(8-28)29-18(15(14)31-19)27-5-3-10-13(26-6-4-20(22,23)9-26)11(7-24)16(21)25-17(10)27/h3,5,12,14-15,18,28H,4,6,8-9H2,1-2H3/t12-,14-,15-,18-/m1/s1. The van der Waals surface area contributed by atoms with Gasteiger partial charge in [-0.1, -0.05) is 11.6 Å². The van der Waals surface area contributed by atoms with Crippen LogP contribution in [-0.2, 0) is 14.2 Å². The first-order valence-electron chi connectivity index (χ1n) is 9.99. The molecular formula is C20H21ClF2N4O4. The largest absolute Gasteiger partial charge is 0.394 e. The fourth-order valence-electron chi connectivity index (χ4n) is 4.71. The van der Waals surface area contributed by atoms with Crippen LogP contribution in [0.2, 0.25) is 5.15 Å². The summed E-state index contributed by atoms with van der Waals surface area (Å²) in [7, 11) is 0. The van der Waals surface area contributed by atoms with Gasteiger partial charge in [0.05, 0.1) is 18.8 Å². The Morgan fingerprint density at radius 3 is 2.74 bits per heavy atom. The second-order valence-electron chi connectivity index (χ2n) is 8.54. The van der Waals surface area contributed by atoms with Gasteiger partial charge in [0.1, 0.15) is 35.6 Å². The van der Waals surface area contributed by atoms with E-state index in [0.29, 0.717) is 16.7 Å². The molecule has 166 valence electrons. The van der Waals surface area contributed by atoms with Crippen LogP contribution in [-0.4, -0.2) is 64.4 Å². The number of fused-ring (bicyclic) bond motifs is 2. The fraction of sp³-hybridized carbons (Fsp3) is 0.600. The van der Waals surface area contributed by atoms with Crippen molar-refractivity contribution in [2.24, 2.45) is 0 Å². The molecular weight excluding hydrogens is 434 g/mol. The number of aliphatic hydroxyl groups excluding tert-OH is 1. The first kappa shape index (κ1) is 20.8. The van der Waals surface area contributed by atoms with Crippen molar-refractivity contribution < 1.29 is 28.1 Å². The SMILES string of the molecule is CC1(C)O[C@@H]2[C@H](O1)[C@@H](CO)O[C@H]2n1ccc2c(N3CCC(F)(F)C3)c(C#N)c(Cl)nc21. The molecule has 11 heteroatoms. The highest BCUT2D eigenvalue weighted by Crippen LogP contribution is 2.45. The summed E-state index contributed by atoms with van der Waals surface area (Å²) in [5.74, 6) is -3.69. The van der Waals surface area contributed by atoms with Gasteiger partial charge < -0.3 is 28.8 Å². The zero-order valence-electron chi connectivity index (χ0n) is 16.9. The first-order chi connectivity index (χ1) is 14.6. The Kier molecular flexibility index (Phi) is 4.70. The van der Waals surface area contributed by atoms with Crippen molar-refractivity contribution in [3.8, 4) is 6.07 Å². The number of aliphatic hydroxyl groups is 1. The van der Waals surface area contributed by atoms with E-state index in [2.05, 4.69) is 4.98 Å². The third kappa shape index (κ3) is 3.27. The van der Waals surface area contributed by atoms with E-state index in [4.69, 9.17) is 25.8 Å². The molecule has 2 aromatic heterocycles. The predicted octanol–water partition coefficient (Wildman–Crippen LogP) is 2.82. The number of rotatable bonds is 3. The summed E-state index contributed by atoms with van der Waals surface area (Å²) in [4.78, 5) is 5.85. The lowest BCUT2D eigenvalue weighted by molar-refractivity contribution is -0.199. The molecule has 0 bridgehead atoms. The molecule has 4 atom stereocenters. The molecule has 0 aliphatic carbocycles. The van der Waals surface area contributed by atoms with E-state index in [1.165, 1.54) is 4.90 Å². The topological polar surface area (TPSA) is 92.8 Å². The van der Waals surface area contributed by atoms with Crippen molar-refractivity contribution in [3.63, 3.8) is 0 Å². The van der Waals surface area contributed by atoms with Gasteiger partial charge >= 0.3 is 0 Å². The molecule has 0 radical (unpaired) electrons. The molecule has 3 fully saturated rings. The monoisotopic (exact) mass is 454 g/mol. The Bertz CT molecular complexity index is 1090. The molecule has 0 aromatic carbocycles. The van der Waals surface area contributed by atoms with Crippen LogP contribution in [0.25, 0.3) is 11.0 Å². The predicted molar refractivity (Wildman–Crippen MR) is 106 cm³/mol. The highest BCUT2D eigenvalue weighted by molar-refractivity contribution is 6.31. The Morgan fingerprint density at radius 1 is 1.35 bits per heavy atom. The number of pyridine rings is 1. The highest BCUT2D eigenvalue weighted by Gasteiger charge is 2.56. The lowest BCUT2D eigenvalue weighted by atomic mass is 10.1. The van der Waals surface area contributed by atoms with Gasteiger partial charge in [0.2, 0.25) is 0 Å². The van der Waals surface area contributed by atoms with Crippen LogP contribution in [0.3, 0.4) is 0 Å². The summed E-state index contributed by atoms with van der Waals surface area (Å²) in [6, 6.07) is 3.71. The number of nitrogens with zero attached hydrogens (tertiary/aromatic N) is 4. The Balaban J connectivity index is 1.62. The van der Waals surface area contributed by atoms with Crippen LogP contribution in [0.5, 0.6) is 0 Å². The molecule has 3 aliphatic heterocycles. The molecule has 5 rings (SSSR count). The highest BCUT2D eigenvalue weighted by atomic mass is 35.5. The number of halogens is 3. The minimum absolute atomic E-state index is 0.0599. The average Bonchev–Trinajstić information content (AvgIpc) is 3.42. The maximum atomic E-state index is 13.9. The summed E-state index contributed by atoms with van der Waals surface area (Å²) in [6.45, 7) is 2.92. The fourth-order valence-corrected chi connectivity index (χ4v) is 4.92. The van der Waals surface area contributed by atoms with E-state index < -0.39 is 42.8 Å². The number of aromatic nitrogens is 2. The van der Waals surface area contributed by atoms with Gasteiger partial charge in [0.15, 0.2) is 17.2 Å². The Morgan fingerprint density at radius 2 is 2.10 bits per heavy atom. The molecule has 3 aliphatic rings. The summed E-state index contributed by atoms with van der Waals surface area (Å²) in [5, 5.41) is 19.8. The van der Waals surface area contributed by atoms with Crippen molar-refractivity contribution >= 4 is 28.3 Å². The summed E-state index contributed by atoms with van der Waals surface area (Å²) >= 11 is 6.31. The van der Waals surface area contributed by atoms with E-state index in [0.717, 1.165) is 0 Å². The van der Waals surface area contributed by atoms with Crippen LogP contribution in [0.15, 0.2) is 12.3 Å². The Labute approximate surface area is 181 Å². The molecule has 0 spiro atoms. The van der Waals surface area contributed by atoms with Crippen LogP contribution in [0.1, 0.15) is 32.1 Å². The van der Waals surface area contributed by atoms with Gasteiger partial charge in [-0.05, 0) is 19.9 Å². The lowest BCUT2D eigenvalue weighted by Crippen LogP contribution is -2.31. The molecule has 3 saturated heterocycles. The van der Waals surface area contributed by atoms with Crippen LogP contribution in [0.4, 0.5) is 14.5 Å². The van der Waals surface area contributed by atoms with E-state index in [-0.39, 0.29) is 30.3 Å². The van der Waals surface area contributed by atoms with Crippen LogP contribution < -0.4 is 4.90 Å². The second kappa shape index (κ2) is 6.98. The minimum atomic E-state index is -2.84. The molecule has 31 heavy (non-hydrogen) atoms. The molecule has 0 amide bonds. The smallest absolute Gasteiger partial charge is 0.266 e. The van der Waals surface area contributed by atoms with Crippen molar-refractivity contribution in [1.29, 1.82) is 5.26 Å². The van der Waals surface area contributed by atoms with Gasteiger partial charge in [-0.15, -0.1) is 0 Å². The zero-order chi connectivity index (χ0) is 22.1. The van der Waals surface area contributed by atoms with Crippen molar-refractivity contribution in [2.45, 2.75) is 56.5 Å². The number of hydrogen-bond donors (Lipinski definition) is 1. The van der Waals surface area contributed by atoms with Gasteiger partial charge in [-0.3, -0.25) is 0 Å².